The maximum absolute atomic E-state index is 5.95. The molecule has 1 aliphatic rings. The van der Waals surface area contributed by atoms with Crippen molar-refractivity contribution in [3.8, 4) is 0 Å². The van der Waals surface area contributed by atoms with E-state index in [-0.39, 0.29) is 6.10 Å². The fourth-order valence-electron chi connectivity index (χ4n) is 2.98. The van der Waals surface area contributed by atoms with Gasteiger partial charge in [-0.2, -0.15) is 0 Å². The van der Waals surface area contributed by atoms with Crippen LogP contribution in [0.3, 0.4) is 0 Å². The second-order valence-electron chi connectivity index (χ2n) is 5.55. The van der Waals surface area contributed by atoms with Crippen molar-refractivity contribution >= 4 is 13.3 Å². The summed E-state index contributed by atoms with van der Waals surface area (Å²) in [6.07, 6.45) is 3.70. The minimum atomic E-state index is -1.44. The quantitative estimate of drug-likeness (QED) is 0.587. The van der Waals surface area contributed by atoms with E-state index in [0.717, 1.165) is 6.42 Å². The van der Waals surface area contributed by atoms with Gasteiger partial charge in [0, 0.05) is 0 Å². The van der Waals surface area contributed by atoms with Gasteiger partial charge in [0.15, 0.2) is 0 Å². The molecule has 2 heteroatoms. The summed E-state index contributed by atoms with van der Waals surface area (Å²) < 4.78 is 5.95. The van der Waals surface area contributed by atoms with Gasteiger partial charge in [0.2, 0.25) is 0 Å². The third kappa shape index (κ3) is 2.38. The lowest BCUT2D eigenvalue weighted by Crippen LogP contribution is -2.48. The SMILES string of the molecule is C=C[C@@H]1C[C@H]([Si](C)(C)c2ccccc2)[C@@H](C)O1. The zero-order chi connectivity index (χ0) is 12.5. The molecule has 0 aromatic heterocycles. The Morgan fingerprint density at radius 1 is 1.29 bits per heavy atom. The zero-order valence-corrected chi connectivity index (χ0v) is 12.0. The molecule has 0 unspecified atom stereocenters. The van der Waals surface area contributed by atoms with Crippen molar-refractivity contribution in [1.29, 1.82) is 0 Å². The third-order valence-electron chi connectivity index (χ3n) is 4.15. The first-order valence-corrected chi connectivity index (χ1v) is 9.47. The van der Waals surface area contributed by atoms with Crippen molar-refractivity contribution in [2.75, 3.05) is 0 Å². The van der Waals surface area contributed by atoms with Crippen LogP contribution in [0.1, 0.15) is 13.3 Å². The Hall–Kier alpha value is -0.863. The van der Waals surface area contributed by atoms with Crippen LogP contribution in [0, 0.1) is 0 Å². The fourth-order valence-corrected chi connectivity index (χ4v) is 6.54. The molecule has 1 fully saturated rings. The first-order valence-electron chi connectivity index (χ1n) is 6.39. The minimum absolute atomic E-state index is 0.255. The molecule has 3 atom stereocenters. The minimum Gasteiger partial charge on any atom is -0.371 e. The highest BCUT2D eigenvalue weighted by Gasteiger charge is 2.43. The maximum atomic E-state index is 5.95. The van der Waals surface area contributed by atoms with E-state index < -0.39 is 8.07 Å². The molecule has 0 N–H and O–H groups in total. The highest BCUT2D eigenvalue weighted by atomic mass is 28.3. The molecule has 92 valence electrons. The smallest absolute Gasteiger partial charge is 0.0863 e. The summed E-state index contributed by atoms with van der Waals surface area (Å²) >= 11 is 0. The molecular weight excluding hydrogens is 224 g/mol. The van der Waals surface area contributed by atoms with E-state index in [1.807, 2.05) is 6.08 Å². The molecule has 0 bridgehead atoms. The topological polar surface area (TPSA) is 9.23 Å². The predicted molar refractivity (Wildman–Crippen MR) is 76.5 cm³/mol. The van der Waals surface area contributed by atoms with Gasteiger partial charge in [0.05, 0.1) is 20.3 Å². The number of ether oxygens (including phenoxy) is 1. The van der Waals surface area contributed by atoms with E-state index in [0.29, 0.717) is 11.6 Å². The first-order chi connectivity index (χ1) is 8.05. The van der Waals surface area contributed by atoms with Crippen LogP contribution in [0.5, 0.6) is 0 Å². The van der Waals surface area contributed by atoms with Crippen LogP contribution in [0.2, 0.25) is 18.6 Å². The van der Waals surface area contributed by atoms with E-state index in [4.69, 9.17) is 4.74 Å². The summed E-state index contributed by atoms with van der Waals surface area (Å²) in [4.78, 5) is 0. The van der Waals surface area contributed by atoms with Crippen LogP contribution in [-0.4, -0.2) is 20.3 Å². The van der Waals surface area contributed by atoms with Crippen LogP contribution >= 0.6 is 0 Å². The average Bonchev–Trinajstić information content (AvgIpc) is 2.72. The Bertz CT molecular complexity index is 385. The first kappa shape index (κ1) is 12.6. The van der Waals surface area contributed by atoms with E-state index in [1.54, 1.807) is 0 Å². The molecule has 1 aromatic carbocycles. The Labute approximate surface area is 106 Å². The zero-order valence-electron chi connectivity index (χ0n) is 11.0. The number of hydrogen-bond donors (Lipinski definition) is 0. The Morgan fingerprint density at radius 2 is 1.94 bits per heavy atom. The second kappa shape index (κ2) is 4.79. The summed E-state index contributed by atoms with van der Waals surface area (Å²) in [6, 6.07) is 10.9. The maximum Gasteiger partial charge on any atom is 0.0863 e. The van der Waals surface area contributed by atoms with E-state index in [2.05, 4.69) is 56.9 Å². The average molecular weight is 246 g/mol. The summed E-state index contributed by atoms with van der Waals surface area (Å²) in [5, 5.41) is 1.53. The normalized spacial score (nSPS) is 29.2. The molecule has 0 radical (unpaired) electrons. The van der Waals surface area contributed by atoms with Gasteiger partial charge >= 0.3 is 0 Å². The summed E-state index contributed by atoms with van der Waals surface area (Å²) in [5.74, 6) is 0. The van der Waals surface area contributed by atoms with E-state index in [9.17, 15) is 0 Å². The van der Waals surface area contributed by atoms with Gasteiger partial charge in [0.1, 0.15) is 0 Å². The molecule has 1 saturated heterocycles. The van der Waals surface area contributed by atoms with Gasteiger partial charge in [-0.3, -0.25) is 0 Å². The van der Waals surface area contributed by atoms with Crippen molar-refractivity contribution in [2.45, 2.75) is 44.2 Å². The van der Waals surface area contributed by atoms with E-state index in [1.165, 1.54) is 5.19 Å². The van der Waals surface area contributed by atoms with E-state index >= 15 is 0 Å². The van der Waals surface area contributed by atoms with Crippen molar-refractivity contribution in [3.05, 3.63) is 43.0 Å². The number of hydrogen-bond acceptors (Lipinski definition) is 1. The standard InChI is InChI=1S/C15H22OSi/c1-5-13-11-15(12(2)16-13)17(3,4)14-9-7-6-8-10-14/h5-10,12-13,15H,1,11H2,2-4H3/t12-,13-,15+/m1/s1. The van der Waals surface area contributed by atoms with Gasteiger partial charge in [-0.25, -0.2) is 0 Å². The molecule has 0 amide bonds. The van der Waals surface area contributed by atoms with Crippen LogP contribution in [0.4, 0.5) is 0 Å². The fraction of sp³-hybridized carbons (Fsp3) is 0.467. The summed E-state index contributed by atoms with van der Waals surface area (Å²) in [7, 11) is -1.44. The van der Waals surface area contributed by atoms with Crippen LogP contribution < -0.4 is 5.19 Å². The lowest BCUT2D eigenvalue weighted by Gasteiger charge is -2.32. The molecule has 0 saturated carbocycles. The van der Waals surface area contributed by atoms with Crippen molar-refractivity contribution in [1.82, 2.24) is 0 Å². The highest BCUT2D eigenvalue weighted by Crippen LogP contribution is 2.39. The Balaban J connectivity index is 2.24. The van der Waals surface area contributed by atoms with Gasteiger partial charge in [0.25, 0.3) is 0 Å². The Kier molecular flexibility index (Phi) is 3.55. The van der Waals surface area contributed by atoms with Crippen LogP contribution in [0.25, 0.3) is 0 Å². The van der Waals surface area contributed by atoms with Crippen LogP contribution in [-0.2, 0) is 4.74 Å². The summed E-state index contributed by atoms with van der Waals surface area (Å²) in [5.41, 5.74) is 0.688. The molecule has 2 rings (SSSR count). The molecule has 1 nitrogen and oxygen atoms in total. The second-order valence-corrected chi connectivity index (χ2v) is 10.3. The lowest BCUT2D eigenvalue weighted by atomic mass is 10.2. The van der Waals surface area contributed by atoms with Gasteiger partial charge in [-0.15, -0.1) is 6.58 Å². The monoisotopic (exact) mass is 246 g/mol. The molecule has 1 aliphatic heterocycles. The van der Waals surface area contributed by atoms with Crippen molar-refractivity contribution in [2.24, 2.45) is 0 Å². The van der Waals surface area contributed by atoms with Crippen molar-refractivity contribution < 1.29 is 4.74 Å². The summed E-state index contributed by atoms with van der Waals surface area (Å²) in [6.45, 7) is 11.0. The number of rotatable bonds is 3. The van der Waals surface area contributed by atoms with Gasteiger partial charge in [-0.1, -0.05) is 54.7 Å². The molecule has 0 aliphatic carbocycles. The van der Waals surface area contributed by atoms with Gasteiger partial charge < -0.3 is 4.74 Å². The Morgan fingerprint density at radius 3 is 2.47 bits per heavy atom. The van der Waals surface area contributed by atoms with Crippen molar-refractivity contribution in [3.63, 3.8) is 0 Å². The van der Waals surface area contributed by atoms with Gasteiger partial charge in [-0.05, 0) is 18.9 Å². The third-order valence-corrected chi connectivity index (χ3v) is 8.53. The molecule has 1 aromatic rings. The molecular formula is C15H22OSi. The predicted octanol–water partition coefficient (Wildman–Crippen LogP) is 3.34. The van der Waals surface area contributed by atoms with Crippen LogP contribution in [0.15, 0.2) is 43.0 Å². The molecule has 17 heavy (non-hydrogen) atoms. The molecule has 1 heterocycles. The highest BCUT2D eigenvalue weighted by molar-refractivity contribution is 6.91. The largest absolute Gasteiger partial charge is 0.371 e. The number of benzene rings is 1. The lowest BCUT2D eigenvalue weighted by molar-refractivity contribution is 0.0831. The molecule has 0 spiro atoms.